The molecule has 25 heavy (non-hydrogen) atoms. The molecule has 1 amide bonds. The van der Waals surface area contributed by atoms with Crippen LogP contribution in [-0.4, -0.2) is 40.2 Å². The van der Waals surface area contributed by atoms with Crippen molar-refractivity contribution in [3.05, 3.63) is 47.3 Å². The first-order valence-electron chi connectivity index (χ1n) is 8.54. The Morgan fingerprint density at radius 2 is 2.32 bits per heavy atom. The van der Waals surface area contributed by atoms with Gasteiger partial charge in [-0.05, 0) is 51.0 Å². The molecule has 0 bridgehead atoms. The highest BCUT2D eigenvalue weighted by atomic mass is 16.5. The summed E-state index contributed by atoms with van der Waals surface area (Å²) in [5.41, 5.74) is 2.57. The van der Waals surface area contributed by atoms with E-state index < -0.39 is 6.10 Å². The van der Waals surface area contributed by atoms with E-state index >= 15 is 0 Å². The Labute approximate surface area is 147 Å². The van der Waals surface area contributed by atoms with Gasteiger partial charge in [0.15, 0.2) is 6.10 Å². The van der Waals surface area contributed by atoms with Crippen LogP contribution < -0.4 is 4.74 Å². The Morgan fingerprint density at radius 1 is 1.48 bits per heavy atom. The number of hydrogen-bond acceptors (Lipinski definition) is 4. The van der Waals surface area contributed by atoms with Crippen LogP contribution in [0, 0.1) is 18.3 Å². The summed E-state index contributed by atoms with van der Waals surface area (Å²) in [5, 5.41) is 16.3. The monoisotopic (exact) mass is 338 g/mol. The van der Waals surface area contributed by atoms with E-state index in [9.17, 15) is 4.79 Å². The predicted molar refractivity (Wildman–Crippen MR) is 93.1 cm³/mol. The summed E-state index contributed by atoms with van der Waals surface area (Å²) in [5.74, 6) is 0.771. The van der Waals surface area contributed by atoms with Crippen LogP contribution >= 0.6 is 0 Å². The number of likely N-dealkylation sites (tertiary alicyclic amines) is 1. The zero-order valence-electron chi connectivity index (χ0n) is 14.5. The number of nitriles is 1. The third-order valence-electron chi connectivity index (χ3n) is 4.50. The molecule has 6 heteroatoms. The van der Waals surface area contributed by atoms with Gasteiger partial charge < -0.3 is 9.64 Å². The third-order valence-corrected chi connectivity index (χ3v) is 4.50. The maximum absolute atomic E-state index is 12.7. The lowest BCUT2D eigenvalue weighted by Crippen LogP contribution is -2.45. The molecule has 1 saturated heterocycles. The zero-order chi connectivity index (χ0) is 17.8. The van der Waals surface area contributed by atoms with Crippen LogP contribution in [0.1, 0.15) is 42.6 Å². The number of nitrogens with zero attached hydrogens (tertiary/aromatic N) is 3. The largest absolute Gasteiger partial charge is 0.481 e. The molecular formula is C19H22N4O2. The number of carbonyl (C=O) groups excluding carboxylic acids is 1. The number of aromatic nitrogens is 2. The topological polar surface area (TPSA) is 82.0 Å². The molecule has 0 aliphatic carbocycles. The summed E-state index contributed by atoms with van der Waals surface area (Å²) >= 11 is 0. The van der Waals surface area contributed by atoms with E-state index in [1.807, 2.05) is 17.9 Å². The summed E-state index contributed by atoms with van der Waals surface area (Å²) in [7, 11) is 0. The van der Waals surface area contributed by atoms with Crippen molar-refractivity contribution in [3.8, 4) is 11.8 Å². The van der Waals surface area contributed by atoms with Gasteiger partial charge in [0.1, 0.15) is 5.75 Å². The Kier molecular flexibility index (Phi) is 5.03. The zero-order valence-corrected chi connectivity index (χ0v) is 14.5. The molecule has 1 N–H and O–H groups in total. The van der Waals surface area contributed by atoms with Crippen molar-refractivity contribution in [2.75, 3.05) is 13.1 Å². The minimum atomic E-state index is -0.589. The van der Waals surface area contributed by atoms with E-state index in [4.69, 9.17) is 10.00 Å². The molecule has 6 nitrogen and oxygen atoms in total. The Bertz CT molecular complexity index is 793. The molecule has 3 rings (SSSR count). The second-order valence-electron chi connectivity index (χ2n) is 6.50. The van der Waals surface area contributed by atoms with Crippen LogP contribution in [-0.2, 0) is 4.79 Å². The second-order valence-corrected chi connectivity index (χ2v) is 6.50. The number of aryl methyl sites for hydroxylation is 1. The van der Waals surface area contributed by atoms with Gasteiger partial charge in [0.05, 0.1) is 17.3 Å². The van der Waals surface area contributed by atoms with E-state index in [-0.39, 0.29) is 11.8 Å². The van der Waals surface area contributed by atoms with E-state index in [0.717, 1.165) is 30.8 Å². The molecule has 1 aliphatic rings. The molecule has 130 valence electrons. The van der Waals surface area contributed by atoms with Crippen LogP contribution in [0.25, 0.3) is 0 Å². The number of rotatable bonds is 4. The number of hydrogen-bond donors (Lipinski definition) is 1. The number of benzene rings is 1. The summed E-state index contributed by atoms with van der Waals surface area (Å²) in [6, 6.07) is 11.0. The van der Waals surface area contributed by atoms with Crippen molar-refractivity contribution in [2.24, 2.45) is 0 Å². The van der Waals surface area contributed by atoms with Gasteiger partial charge >= 0.3 is 0 Å². The van der Waals surface area contributed by atoms with Crippen molar-refractivity contribution < 1.29 is 9.53 Å². The molecule has 1 aliphatic heterocycles. The Balaban J connectivity index is 1.64. The molecule has 2 heterocycles. The highest BCUT2D eigenvalue weighted by Crippen LogP contribution is 2.26. The molecule has 1 aromatic heterocycles. The average molecular weight is 338 g/mol. The van der Waals surface area contributed by atoms with Crippen LogP contribution in [0.2, 0.25) is 0 Å². The van der Waals surface area contributed by atoms with Gasteiger partial charge in [-0.2, -0.15) is 10.4 Å². The van der Waals surface area contributed by atoms with Crippen molar-refractivity contribution >= 4 is 5.91 Å². The molecule has 1 fully saturated rings. The quantitative estimate of drug-likeness (QED) is 0.929. The van der Waals surface area contributed by atoms with Gasteiger partial charge in [0.2, 0.25) is 0 Å². The second kappa shape index (κ2) is 7.39. The Morgan fingerprint density at radius 3 is 3.04 bits per heavy atom. The standard InChI is InChI=1S/C19H22N4O2/c1-13-9-18(22-21-13)16-6-4-8-23(12-16)19(24)14(2)25-17-7-3-5-15(10-17)11-20/h3,5,7,9-10,14,16H,4,6,8,12H2,1-2H3,(H,21,22)/t14-,16-/m0/s1. The summed E-state index contributed by atoms with van der Waals surface area (Å²) in [6.07, 6.45) is 1.40. The molecular weight excluding hydrogens is 316 g/mol. The maximum atomic E-state index is 12.7. The van der Waals surface area contributed by atoms with Crippen LogP contribution in [0.4, 0.5) is 0 Å². The number of amides is 1. The van der Waals surface area contributed by atoms with Crippen molar-refractivity contribution in [3.63, 3.8) is 0 Å². The number of carbonyl (C=O) groups is 1. The fourth-order valence-corrected chi connectivity index (χ4v) is 3.22. The fraction of sp³-hybridized carbons (Fsp3) is 0.421. The molecule has 0 unspecified atom stereocenters. The first-order chi connectivity index (χ1) is 12.1. The Hall–Kier alpha value is -2.81. The summed E-state index contributed by atoms with van der Waals surface area (Å²) in [4.78, 5) is 14.6. The van der Waals surface area contributed by atoms with Gasteiger partial charge in [-0.1, -0.05) is 6.07 Å². The van der Waals surface area contributed by atoms with E-state index in [1.54, 1.807) is 31.2 Å². The van der Waals surface area contributed by atoms with Crippen LogP contribution in [0.5, 0.6) is 5.75 Å². The fourth-order valence-electron chi connectivity index (χ4n) is 3.22. The van der Waals surface area contributed by atoms with Crippen LogP contribution in [0.3, 0.4) is 0 Å². The summed E-state index contributed by atoms with van der Waals surface area (Å²) in [6.45, 7) is 5.14. The van der Waals surface area contributed by atoms with Gasteiger partial charge in [-0.3, -0.25) is 9.89 Å². The van der Waals surface area contributed by atoms with E-state index in [1.165, 1.54) is 0 Å². The summed E-state index contributed by atoms with van der Waals surface area (Å²) < 4.78 is 5.75. The van der Waals surface area contributed by atoms with Gasteiger partial charge in [0, 0.05) is 24.7 Å². The lowest BCUT2D eigenvalue weighted by molar-refractivity contribution is -0.139. The van der Waals surface area contributed by atoms with E-state index in [0.29, 0.717) is 17.9 Å². The minimum Gasteiger partial charge on any atom is -0.481 e. The highest BCUT2D eigenvalue weighted by Gasteiger charge is 2.29. The van der Waals surface area contributed by atoms with Crippen molar-refractivity contribution in [1.29, 1.82) is 5.26 Å². The van der Waals surface area contributed by atoms with E-state index in [2.05, 4.69) is 16.3 Å². The SMILES string of the molecule is Cc1cc([C@H]2CCCN(C(=O)[C@H](C)Oc3cccc(C#N)c3)C2)n[nH]1. The number of piperidine rings is 1. The smallest absolute Gasteiger partial charge is 0.263 e. The maximum Gasteiger partial charge on any atom is 0.263 e. The highest BCUT2D eigenvalue weighted by molar-refractivity contribution is 5.81. The van der Waals surface area contributed by atoms with Crippen LogP contribution in [0.15, 0.2) is 30.3 Å². The molecule has 0 radical (unpaired) electrons. The van der Waals surface area contributed by atoms with Gasteiger partial charge in [0.25, 0.3) is 5.91 Å². The first-order valence-corrected chi connectivity index (χ1v) is 8.54. The molecule has 0 saturated carbocycles. The average Bonchev–Trinajstić information content (AvgIpc) is 3.07. The first kappa shape index (κ1) is 17.0. The molecule has 1 aromatic carbocycles. The van der Waals surface area contributed by atoms with Crippen molar-refractivity contribution in [2.45, 2.75) is 38.7 Å². The molecule has 2 atom stereocenters. The van der Waals surface area contributed by atoms with Crippen molar-refractivity contribution in [1.82, 2.24) is 15.1 Å². The number of ether oxygens (including phenoxy) is 1. The predicted octanol–water partition coefficient (Wildman–Crippen LogP) is 2.76. The number of aromatic amines is 1. The van der Waals surface area contributed by atoms with Gasteiger partial charge in [-0.25, -0.2) is 0 Å². The number of H-pyrrole nitrogens is 1. The van der Waals surface area contributed by atoms with Gasteiger partial charge in [-0.15, -0.1) is 0 Å². The number of nitrogens with one attached hydrogen (secondary N) is 1. The molecule has 0 spiro atoms. The molecule has 2 aromatic rings. The minimum absolute atomic E-state index is 0.0284. The normalized spacial score (nSPS) is 18.4. The lowest BCUT2D eigenvalue weighted by atomic mass is 9.94. The third kappa shape index (κ3) is 4.00. The lowest BCUT2D eigenvalue weighted by Gasteiger charge is -2.33.